The maximum Gasteiger partial charge on any atom is 0.333 e. The summed E-state index contributed by atoms with van der Waals surface area (Å²) in [5, 5.41) is 3.76. The Morgan fingerprint density at radius 2 is 1.77 bits per heavy atom. The molecular formula is C17H28F2N4O2S. The van der Waals surface area contributed by atoms with Crippen LogP contribution in [0.5, 0.6) is 0 Å². The van der Waals surface area contributed by atoms with E-state index in [1.165, 1.54) is 26.7 Å². The highest BCUT2D eigenvalue weighted by atomic mass is 32.2. The van der Waals surface area contributed by atoms with Crippen LogP contribution in [0.3, 0.4) is 0 Å². The van der Waals surface area contributed by atoms with E-state index in [-0.39, 0.29) is 22.3 Å². The van der Waals surface area contributed by atoms with Crippen molar-refractivity contribution in [3.63, 3.8) is 0 Å². The summed E-state index contributed by atoms with van der Waals surface area (Å²) >= 11 is 0. The fourth-order valence-corrected chi connectivity index (χ4v) is 6.33. The Morgan fingerprint density at radius 1 is 1.12 bits per heavy atom. The number of likely N-dealkylation sites (tertiary alicyclic amines) is 1. The average molecular weight is 391 g/mol. The third kappa shape index (κ3) is 3.80. The number of hydrogen-bond acceptors (Lipinski definition) is 4. The molecule has 0 radical (unpaired) electrons. The third-order valence-electron chi connectivity index (χ3n) is 5.56. The Balaban J connectivity index is 1.84. The zero-order chi connectivity index (χ0) is 18.9. The average Bonchev–Trinajstić information content (AvgIpc) is 3.21. The largest absolute Gasteiger partial charge is 0.333 e. The SMILES string of the molecule is Cc1nn(C(F)F)c(C)c1S(=O)(=O)N1CCCC[C@H]1CCN1CCCC1. The minimum atomic E-state index is -3.83. The molecule has 3 heterocycles. The first-order valence-electron chi connectivity index (χ1n) is 9.40. The minimum Gasteiger partial charge on any atom is -0.303 e. The number of sulfonamides is 1. The number of nitrogens with zero attached hydrogens (tertiary/aromatic N) is 4. The molecule has 0 amide bonds. The van der Waals surface area contributed by atoms with E-state index in [0.29, 0.717) is 11.2 Å². The van der Waals surface area contributed by atoms with Crippen LogP contribution >= 0.6 is 0 Å². The van der Waals surface area contributed by atoms with E-state index in [9.17, 15) is 17.2 Å². The lowest BCUT2D eigenvalue weighted by Crippen LogP contribution is -2.45. The van der Waals surface area contributed by atoms with Crippen molar-refractivity contribution in [2.75, 3.05) is 26.2 Å². The van der Waals surface area contributed by atoms with Crippen molar-refractivity contribution in [1.29, 1.82) is 0 Å². The number of aryl methyl sites for hydroxylation is 1. The van der Waals surface area contributed by atoms with E-state index >= 15 is 0 Å². The highest BCUT2D eigenvalue weighted by Gasteiger charge is 2.37. The van der Waals surface area contributed by atoms with Crippen molar-refractivity contribution >= 4 is 10.0 Å². The summed E-state index contributed by atoms with van der Waals surface area (Å²) in [6.07, 6.45) is 5.84. The quantitative estimate of drug-likeness (QED) is 0.749. The van der Waals surface area contributed by atoms with Gasteiger partial charge in [-0.1, -0.05) is 6.42 Å². The molecule has 148 valence electrons. The van der Waals surface area contributed by atoms with Gasteiger partial charge in [0.05, 0.1) is 11.4 Å². The maximum absolute atomic E-state index is 13.3. The van der Waals surface area contributed by atoms with Crippen LogP contribution in [0.4, 0.5) is 8.78 Å². The number of piperidine rings is 1. The summed E-state index contributed by atoms with van der Waals surface area (Å²) in [5.41, 5.74) is 0.160. The summed E-state index contributed by atoms with van der Waals surface area (Å²) in [6.45, 7) is 3.56. The van der Waals surface area contributed by atoms with Gasteiger partial charge in [0, 0.05) is 12.6 Å². The van der Waals surface area contributed by atoms with Gasteiger partial charge in [-0.2, -0.15) is 18.2 Å². The van der Waals surface area contributed by atoms with Gasteiger partial charge >= 0.3 is 6.55 Å². The topological polar surface area (TPSA) is 58.4 Å². The normalized spacial score (nSPS) is 23.2. The van der Waals surface area contributed by atoms with Gasteiger partial charge in [0.1, 0.15) is 4.90 Å². The number of alkyl halides is 2. The second-order valence-electron chi connectivity index (χ2n) is 7.32. The van der Waals surface area contributed by atoms with Gasteiger partial charge in [-0.15, -0.1) is 0 Å². The van der Waals surface area contributed by atoms with Crippen molar-refractivity contribution in [1.82, 2.24) is 19.0 Å². The molecule has 0 spiro atoms. The van der Waals surface area contributed by atoms with Crippen molar-refractivity contribution in [3.05, 3.63) is 11.4 Å². The highest BCUT2D eigenvalue weighted by Crippen LogP contribution is 2.31. The number of hydrogen-bond donors (Lipinski definition) is 0. The molecule has 2 saturated heterocycles. The van der Waals surface area contributed by atoms with Crippen LogP contribution in [-0.2, 0) is 10.0 Å². The summed E-state index contributed by atoms with van der Waals surface area (Å²) in [7, 11) is -3.83. The van der Waals surface area contributed by atoms with Gasteiger partial charge in [0.2, 0.25) is 10.0 Å². The van der Waals surface area contributed by atoms with Gasteiger partial charge in [0.25, 0.3) is 0 Å². The van der Waals surface area contributed by atoms with Crippen molar-refractivity contribution < 1.29 is 17.2 Å². The lowest BCUT2D eigenvalue weighted by atomic mass is 10.0. The molecule has 1 aromatic heterocycles. The maximum atomic E-state index is 13.3. The molecule has 0 aliphatic carbocycles. The fraction of sp³-hybridized carbons (Fsp3) is 0.824. The van der Waals surface area contributed by atoms with Crippen LogP contribution in [0.25, 0.3) is 0 Å². The lowest BCUT2D eigenvalue weighted by molar-refractivity contribution is 0.0538. The summed E-state index contributed by atoms with van der Waals surface area (Å²) in [6, 6.07) is -0.0666. The second-order valence-corrected chi connectivity index (χ2v) is 9.15. The van der Waals surface area contributed by atoms with Crippen LogP contribution in [0.2, 0.25) is 0 Å². The molecule has 2 aliphatic heterocycles. The second kappa shape index (κ2) is 7.90. The molecule has 6 nitrogen and oxygen atoms in total. The molecule has 0 N–H and O–H groups in total. The zero-order valence-electron chi connectivity index (χ0n) is 15.5. The molecule has 0 saturated carbocycles. The number of aromatic nitrogens is 2. The van der Waals surface area contributed by atoms with E-state index < -0.39 is 16.6 Å². The standard InChI is InChI=1S/C17H28F2N4O2S/c1-13-16(14(2)23(20-13)17(18)19)26(24,25)22-11-4-3-7-15(22)8-12-21-9-5-6-10-21/h15,17H,3-12H2,1-2H3/t15-/m0/s1. The van der Waals surface area contributed by atoms with Crippen LogP contribution in [0.1, 0.15) is 56.5 Å². The molecule has 1 atom stereocenters. The van der Waals surface area contributed by atoms with E-state index in [0.717, 1.165) is 45.3 Å². The van der Waals surface area contributed by atoms with Crippen LogP contribution in [0, 0.1) is 13.8 Å². The van der Waals surface area contributed by atoms with E-state index in [4.69, 9.17) is 0 Å². The first-order chi connectivity index (χ1) is 12.3. The number of rotatable bonds is 6. The third-order valence-corrected chi connectivity index (χ3v) is 7.77. The van der Waals surface area contributed by atoms with Gasteiger partial charge in [-0.3, -0.25) is 0 Å². The Hall–Kier alpha value is -1.06. The zero-order valence-corrected chi connectivity index (χ0v) is 16.3. The summed E-state index contributed by atoms with van der Waals surface area (Å²) < 4.78 is 54.8. The smallest absolute Gasteiger partial charge is 0.303 e. The van der Waals surface area contributed by atoms with Gasteiger partial charge < -0.3 is 4.90 Å². The highest BCUT2D eigenvalue weighted by molar-refractivity contribution is 7.89. The Morgan fingerprint density at radius 3 is 2.38 bits per heavy atom. The van der Waals surface area contributed by atoms with Crippen LogP contribution < -0.4 is 0 Å². The van der Waals surface area contributed by atoms with Crippen molar-refractivity contribution in [2.24, 2.45) is 0 Å². The lowest BCUT2D eigenvalue weighted by Gasteiger charge is -2.35. The molecule has 26 heavy (non-hydrogen) atoms. The molecule has 2 aliphatic rings. The van der Waals surface area contributed by atoms with Crippen LogP contribution in [0.15, 0.2) is 4.90 Å². The molecule has 0 bridgehead atoms. The molecule has 9 heteroatoms. The predicted octanol–water partition coefficient (Wildman–Crippen LogP) is 2.92. The Kier molecular flexibility index (Phi) is 5.98. The van der Waals surface area contributed by atoms with E-state index in [1.807, 2.05) is 0 Å². The molecular weight excluding hydrogens is 362 g/mol. The summed E-state index contributed by atoms with van der Waals surface area (Å²) in [4.78, 5) is 2.33. The number of halogens is 2. The fourth-order valence-electron chi connectivity index (χ4n) is 4.25. The first-order valence-corrected chi connectivity index (χ1v) is 10.8. The molecule has 0 aromatic carbocycles. The molecule has 3 rings (SSSR count). The van der Waals surface area contributed by atoms with E-state index in [1.54, 1.807) is 4.31 Å². The van der Waals surface area contributed by atoms with E-state index in [2.05, 4.69) is 10.00 Å². The van der Waals surface area contributed by atoms with Gasteiger partial charge in [0.15, 0.2) is 0 Å². The molecule has 1 aromatic rings. The Labute approximate surface area is 154 Å². The monoisotopic (exact) mass is 390 g/mol. The van der Waals surface area contributed by atoms with Crippen LogP contribution in [-0.4, -0.2) is 59.6 Å². The van der Waals surface area contributed by atoms with Gasteiger partial charge in [-0.25, -0.2) is 13.1 Å². The molecule has 2 fully saturated rings. The van der Waals surface area contributed by atoms with Gasteiger partial charge in [-0.05, 0) is 65.6 Å². The first kappa shape index (κ1) is 19.7. The Bertz CT molecular complexity index is 729. The van der Waals surface area contributed by atoms with Crippen molar-refractivity contribution in [2.45, 2.75) is 69.9 Å². The van der Waals surface area contributed by atoms with Crippen molar-refractivity contribution in [3.8, 4) is 0 Å². The summed E-state index contributed by atoms with van der Waals surface area (Å²) in [5.74, 6) is 0. The molecule has 0 unspecified atom stereocenters. The minimum absolute atomic E-state index is 0.0152. The predicted molar refractivity (Wildman–Crippen MR) is 94.8 cm³/mol.